The van der Waals surface area contributed by atoms with Gasteiger partial charge in [-0.25, -0.2) is 0 Å². The highest BCUT2D eigenvalue weighted by Crippen LogP contribution is 2.69. The van der Waals surface area contributed by atoms with E-state index in [0.29, 0.717) is 6.42 Å². The second-order valence-electron chi connectivity index (χ2n) is 6.91. The minimum Gasteiger partial charge on any atom is -0.299 e. The highest BCUT2D eigenvalue weighted by atomic mass is 32.2. The molecule has 1 aromatic carbocycles. The molecular weight excluding hydrogens is 298 g/mol. The number of nitriles is 1. The molecule has 1 aliphatic carbocycles. The van der Waals surface area contributed by atoms with Crippen molar-refractivity contribution >= 4 is 29.3 Å². The fourth-order valence-corrected chi connectivity index (χ4v) is 7.35. The van der Waals surface area contributed by atoms with E-state index in [9.17, 15) is 10.1 Å². The maximum Gasteiger partial charge on any atom is 0.141 e. The second-order valence-corrected chi connectivity index (χ2v) is 10.2. The van der Waals surface area contributed by atoms with E-state index in [2.05, 4.69) is 39.0 Å². The van der Waals surface area contributed by atoms with E-state index in [1.54, 1.807) is 30.4 Å². The van der Waals surface area contributed by atoms with Gasteiger partial charge in [-0.2, -0.15) is 5.26 Å². The van der Waals surface area contributed by atoms with Crippen molar-refractivity contribution in [3.63, 3.8) is 0 Å². The molecule has 0 unspecified atom stereocenters. The lowest BCUT2D eigenvalue weighted by molar-refractivity contribution is -0.125. The number of rotatable bonds is 2. The van der Waals surface area contributed by atoms with E-state index < -0.39 is 10.2 Å². The van der Waals surface area contributed by atoms with Crippen LogP contribution in [0.25, 0.3) is 0 Å². The summed E-state index contributed by atoms with van der Waals surface area (Å²) in [6.45, 7) is 8.09. The Morgan fingerprint density at radius 3 is 2.67 bits per heavy atom. The Kier molecular flexibility index (Phi) is 3.24. The van der Waals surface area contributed by atoms with Gasteiger partial charge in [-0.15, -0.1) is 23.5 Å². The molecule has 1 aliphatic heterocycles. The summed E-state index contributed by atoms with van der Waals surface area (Å²) in [5, 5.41) is 9.86. The molecule has 4 heteroatoms. The summed E-state index contributed by atoms with van der Waals surface area (Å²) in [4.78, 5) is 13.6. The monoisotopic (exact) mass is 317 g/mol. The van der Waals surface area contributed by atoms with E-state index in [1.165, 1.54) is 4.90 Å². The summed E-state index contributed by atoms with van der Waals surface area (Å²) in [5.41, 5.74) is 0.683. The highest BCUT2D eigenvalue weighted by molar-refractivity contribution is 8.05. The summed E-state index contributed by atoms with van der Waals surface area (Å²) >= 11 is 3.44. The number of nitrogens with zero attached hydrogens (tertiary/aromatic N) is 1. The molecule has 2 nitrogen and oxygen atoms in total. The SMILES string of the molecule is CC(=O)[C@@]12C[C@](C#N)(SC(C)(C)C)[C@@H]1Sc1ccccc12. The first-order chi connectivity index (χ1) is 9.75. The summed E-state index contributed by atoms with van der Waals surface area (Å²) in [6.07, 6.45) is 0.641. The first kappa shape index (κ1) is 15.0. The first-order valence-corrected chi connectivity index (χ1v) is 8.83. The molecule has 0 spiro atoms. The zero-order chi connectivity index (χ0) is 15.5. The van der Waals surface area contributed by atoms with Gasteiger partial charge < -0.3 is 0 Å². The smallest absolute Gasteiger partial charge is 0.141 e. The zero-order valence-electron chi connectivity index (χ0n) is 12.8. The van der Waals surface area contributed by atoms with Gasteiger partial charge in [-0.1, -0.05) is 39.0 Å². The quantitative estimate of drug-likeness (QED) is 0.820. The molecule has 3 atom stereocenters. The Labute approximate surface area is 134 Å². The van der Waals surface area contributed by atoms with Crippen LogP contribution in [-0.2, 0) is 10.2 Å². The Morgan fingerprint density at radius 1 is 1.43 bits per heavy atom. The number of hydrogen-bond acceptors (Lipinski definition) is 4. The number of ketones is 1. The maximum absolute atomic E-state index is 12.4. The molecule has 1 aromatic rings. The van der Waals surface area contributed by atoms with Gasteiger partial charge in [0.1, 0.15) is 10.5 Å². The molecular formula is C17H19NOS2. The topological polar surface area (TPSA) is 40.9 Å². The average Bonchev–Trinajstić information content (AvgIpc) is 2.67. The minimum absolute atomic E-state index is 0.00795. The van der Waals surface area contributed by atoms with Crippen molar-refractivity contribution < 1.29 is 4.79 Å². The van der Waals surface area contributed by atoms with Crippen LogP contribution in [0.2, 0.25) is 0 Å². The summed E-state index contributed by atoms with van der Waals surface area (Å²) in [7, 11) is 0. The van der Waals surface area contributed by atoms with Gasteiger partial charge in [-0.3, -0.25) is 4.79 Å². The lowest BCUT2D eigenvalue weighted by Gasteiger charge is -2.56. The van der Waals surface area contributed by atoms with Gasteiger partial charge in [0.25, 0.3) is 0 Å². The van der Waals surface area contributed by atoms with Crippen molar-refractivity contribution in [3.05, 3.63) is 29.8 Å². The average molecular weight is 317 g/mol. The van der Waals surface area contributed by atoms with Gasteiger partial charge in [0.2, 0.25) is 0 Å². The number of benzene rings is 1. The van der Waals surface area contributed by atoms with Crippen LogP contribution in [0.5, 0.6) is 0 Å². The number of hydrogen-bond donors (Lipinski definition) is 0. The molecule has 1 heterocycles. The van der Waals surface area contributed by atoms with E-state index in [-0.39, 0.29) is 15.8 Å². The van der Waals surface area contributed by atoms with E-state index in [1.807, 2.05) is 12.1 Å². The normalized spacial score (nSPS) is 33.6. The third-order valence-electron chi connectivity index (χ3n) is 4.33. The standard InChI is InChI=1S/C17H19NOS2/c1-11(19)17-9-16(10-18,21-15(2,3)4)14(17)20-13-8-6-5-7-12(13)17/h5-8,14H,9H2,1-4H3/t14-,16+,17+/m0/s1. The van der Waals surface area contributed by atoms with Crippen molar-refractivity contribution in [1.29, 1.82) is 5.26 Å². The number of carbonyl (C=O) groups is 1. The summed E-state index contributed by atoms with van der Waals surface area (Å²) < 4.78 is -0.457. The largest absolute Gasteiger partial charge is 0.299 e. The number of thioether (sulfide) groups is 2. The molecule has 0 N–H and O–H groups in total. The minimum atomic E-state index is -0.465. The van der Waals surface area contributed by atoms with Gasteiger partial charge in [0.05, 0.1) is 16.7 Å². The molecule has 0 aromatic heterocycles. The maximum atomic E-state index is 12.4. The van der Waals surface area contributed by atoms with Crippen LogP contribution in [0.15, 0.2) is 29.2 Å². The Morgan fingerprint density at radius 2 is 2.10 bits per heavy atom. The van der Waals surface area contributed by atoms with Crippen LogP contribution in [0, 0.1) is 11.3 Å². The van der Waals surface area contributed by atoms with Crippen LogP contribution < -0.4 is 0 Å². The molecule has 0 amide bonds. The van der Waals surface area contributed by atoms with Crippen molar-refractivity contribution in [2.45, 2.75) is 59.2 Å². The number of fused-ring (bicyclic) bond motifs is 3. The lowest BCUT2D eigenvalue weighted by atomic mass is 9.56. The van der Waals surface area contributed by atoms with E-state index in [0.717, 1.165) is 5.56 Å². The summed E-state index contributed by atoms with van der Waals surface area (Å²) in [5.74, 6) is 0.199. The Balaban J connectivity index is 2.07. The predicted molar refractivity (Wildman–Crippen MR) is 88.8 cm³/mol. The van der Waals surface area contributed by atoms with Gasteiger partial charge in [-0.05, 0) is 25.0 Å². The zero-order valence-corrected chi connectivity index (χ0v) is 14.4. The molecule has 0 bridgehead atoms. The van der Waals surface area contributed by atoms with Crippen LogP contribution in [-0.4, -0.2) is 20.5 Å². The van der Waals surface area contributed by atoms with Crippen molar-refractivity contribution in [2.75, 3.05) is 0 Å². The van der Waals surface area contributed by atoms with Crippen LogP contribution in [0.1, 0.15) is 39.7 Å². The fourth-order valence-electron chi connectivity index (χ4n) is 3.62. The van der Waals surface area contributed by atoms with Crippen LogP contribution >= 0.6 is 23.5 Å². The molecule has 0 radical (unpaired) electrons. The molecule has 1 fully saturated rings. The molecule has 1 saturated carbocycles. The van der Waals surface area contributed by atoms with Crippen molar-refractivity contribution in [1.82, 2.24) is 0 Å². The molecule has 21 heavy (non-hydrogen) atoms. The molecule has 0 saturated heterocycles. The third kappa shape index (κ3) is 1.98. The lowest BCUT2D eigenvalue weighted by Crippen LogP contribution is -2.66. The van der Waals surface area contributed by atoms with Gasteiger partial charge in [0.15, 0.2) is 0 Å². The first-order valence-electron chi connectivity index (χ1n) is 7.14. The van der Waals surface area contributed by atoms with Gasteiger partial charge in [0, 0.05) is 9.64 Å². The fraction of sp³-hybridized carbons (Fsp3) is 0.529. The van der Waals surface area contributed by atoms with Gasteiger partial charge >= 0.3 is 0 Å². The Bertz CT molecular complexity index is 657. The van der Waals surface area contributed by atoms with E-state index >= 15 is 0 Å². The van der Waals surface area contributed by atoms with Crippen LogP contribution in [0.4, 0.5) is 0 Å². The second kappa shape index (κ2) is 4.54. The van der Waals surface area contributed by atoms with Crippen LogP contribution in [0.3, 0.4) is 0 Å². The number of carbonyl (C=O) groups excluding carboxylic acids is 1. The van der Waals surface area contributed by atoms with Crippen molar-refractivity contribution in [3.8, 4) is 6.07 Å². The molecule has 110 valence electrons. The predicted octanol–water partition coefficient (Wildman–Crippen LogP) is 4.19. The third-order valence-corrected chi connectivity index (χ3v) is 7.58. The molecule has 3 rings (SSSR count). The summed E-state index contributed by atoms with van der Waals surface area (Å²) in [6, 6.07) is 10.7. The van der Waals surface area contributed by atoms with Crippen molar-refractivity contribution in [2.24, 2.45) is 0 Å². The van der Waals surface area contributed by atoms with E-state index in [4.69, 9.17) is 0 Å². The molecule has 2 aliphatic rings. The number of Topliss-reactive ketones (excluding diaryl/α,β-unsaturated/α-hetero) is 1. The Hall–Kier alpha value is -0.920. The highest BCUT2D eigenvalue weighted by Gasteiger charge is 2.71.